The van der Waals surface area contributed by atoms with Gasteiger partial charge in [0.1, 0.15) is 6.04 Å². The summed E-state index contributed by atoms with van der Waals surface area (Å²) in [6.07, 6.45) is -0.235. The van der Waals surface area contributed by atoms with Crippen molar-refractivity contribution < 1.29 is 43.8 Å². The van der Waals surface area contributed by atoms with Gasteiger partial charge in [-0.2, -0.15) is 0 Å². The van der Waals surface area contributed by atoms with E-state index in [0.717, 1.165) is 26.0 Å². The van der Waals surface area contributed by atoms with Gasteiger partial charge in [0, 0.05) is 6.42 Å². The van der Waals surface area contributed by atoms with Crippen LogP contribution in [0.25, 0.3) is 0 Å². The van der Waals surface area contributed by atoms with Crippen LogP contribution in [0.4, 0.5) is 0 Å². The van der Waals surface area contributed by atoms with Crippen LogP contribution in [-0.4, -0.2) is 48.6 Å². The van der Waals surface area contributed by atoms with Gasteiger partial charge in [-0.25, -0.2) is 9.36 Å². The maximum atomic E-state index is 12.0. The molecule has 0 bridgehead atoms. The standard InChI is InChI=1S/C13H18NO9P/c1-13(2,23-24(20,21)22)12(19)14-8(11(17)18)5-7-3-4-9(15)10(16)6-7/h3-4,6,8,15-16H,5H2,1-2H3,(H,14,19)(H,17,18)(H2,20,21,22)/t8-/m0/s1. The molecule has 0 fully saturated rings. The summed E-state index contributed by atoms with van der Waals surface area (Å²) in [5.74, 6) is -3.27. The Balaban J connectivity index is 2.89. The molecule has 10 nitrogen and oxygen atoms in total. The molecule has 6 N–H and O–H groups in total. The molecule has 0 radical (unpaired) electrons. The summed E-state index contributed by atoms with van der Waals surface area (Å²) < 4.78 is 15.2. The molecule has 1 rings (SSSR count). The zero-order valence-electron chi connectivity index (χ0n) is 12.8. The fourth-order valence-corrected chi connectivity index (χ4v) is 2.48. The molecule has 1 aromatic carbocycles. The number of carbonyl (C=O) groups is 2. The van der Waals surface area contributed by atoms with Gasteiger partial charge in [0.15, 0.2) is 17.1 Å². The first-order valence-electron chi connectivity index (χ1n) is 6.63. The molecule has 0 unspecified atom stereocenters. The summed E-state index contributed by atoms with van der Waals surface area (Å²) in [7, 11) is -4.96. The largest absolute Gasteiger partial charge is 0.504 e. The number of benzene rings is 1. The summed E-state index contributed by atoms with van der Waals surface area (Å²) in [4.78, 5) is 40.9. The Morgan fingerprint density at radius 1 is 1.25 bits per heavy atom. The smallest absolute Gasteiger partial charge is 0.470 e. The topological polar surface area (TPSA) is 174 Å². The molecule has 0 aliphatic heterocycles. The van der Waals surface area contributed by atoms with Crippen LogP contribution in [0.5, 0.6) is 11.5 Å². The lowest BCUT2D eigenvalue weighted by atomic mass is 10.0. The Morgan fingerprint density at radius 2 is 1.83 bits per heavy atom. The van der Waals surface area contributed by atoms with E-state index >= 15 is 0 Å². The van der Waals surface area contributed by atoms with Crippen LogP contribution in [-0.2, 0) is 25.1 Å². The Labute approximate surface area is 136 Å². The highest BCUT2D eigenvalue weighted by Crippen LogP contribution is 2.41. The zero-order valence-corrected chi connectivity index (χ0v) is 13.7. The molecule has 0 aliphatic rings. The molecule has 11 heteroatoms. The minimum Gasteiger partial charge on any atom is -0.504 e. The summed E-state index contributed by atoms with van der Waals surface area (Å²) in [5, 5.41) is 29.9. The highest BCUT2D eigenvalue weighted by atomic mass is 31.2. The predicted molar refractivity (Wildman–Crippen MR) is 80.3 cm³/mol. The first kappa shape index (κ1) is 19.9. The molecule has 0 aliphatic carbocycles. The lowest BCUT2D eigenvalue weighted by Gasteiger charge is -2.26. The Kier molecular flexibility index (Phi) is 5.96. The molecule has 0 saturated carbocycles. The predicted octanol–water partition coefficient (Wildman–Crippen LogP) is 0.0976. The van der Waals surface area contributed by atoms with Crippen LogP contribution >= 0.6 is 7.82 Å². The monoisotopic (exact) mass is 363 g/mol. The van der Waals surface area contributed by atoms with Crippen LogP contribution < -0.4 is 5.32 Å². The molecule has 0 spiro atoms. The maximum Gasteiger partial charge on any atom is 0.470 e. The Morgan fingerprint density at radius 3 is 2.29 bits per heavy atom. The molecule has 0 aromatic heterocycles. The van der Waals surface area contributed by atoms with Crippen molar-refractivity contribution in [3.05, 3.63) is 23.8 Å². The minimum absolute atomic E-state index is 0.235. The van der Waals surface area contributed by atoms with Crippen LogP contribution in [0.15, 0.2) is 18.2 Å². The molecule has 1 amide bonds. The fraction of sp³-hybridized carbons (Fsp3) is 0.385. The average Bonchev–Trinajstić information content (AvgIpc) is 2.39. The lowest BCUT2D eigenvalue weighted by molar-refractivity contribution is -0.145. The fourth-order valence-electron chi connectivity index (χ4n) is 1.80. The lowest BCUT2D eigenvalue weighted by Crippen LogP contribution is -2.51. The van der Waals surface area contributed by atoms with E-state index in [2.05, 4.69) is 9.84 Å². The Hall–Kier alpha value is -2.13. The molecule has 134 valence electrons. The number of carboxylic acid groups (broad SMARTS) is 1. The number of carboxylic acids is 1. The summed E-state index contributed by atoms with van der Waals surface area (Å²) in [5.41, 5.74) is -1.66. The van der Waals surface area contributed by atoms with Gasteiger partial charge in [-0.3, -0.25) is 9.32 Å². The van der Waals surface area contributed by atoms with Crippen LogP contribution in [0.3, 0.4) is 0 Å². The number of rotatable bonds is 7. The summed E-state index contributed by atoms with van der Waals surface area (Å²) in [6.45, 7) is 2.15. The molecule has 1 atom stereocenters. The minimum atomic E-state index is -4.96. The summed E-state index contributed by atoms with van der Waals surface area (Å²) in [6, 6.07) is 2.20. The third-order valence-corrected chi connectivity index (χ3v) is 3.67. The first-order chi connectivity index (χ1) is 10.8. The van der Waals surface area contributed by atoms with Crippen molar-refractivity contribution in [3.8, 4) is 11.5 Å². The molecule has 1 aromatic rings. The van der Waals surface area contributed by atoms with E-state index in [1.54, 1.807) is 0 Å². The molecule has 0 heterocycles. The molecule has 0 saturated heterocycles. The van der Waals surface area contributed by atoms with Gasteiger partial charge in [-0.1, -0.05) is 6.07 Å². The van der Waals surface area contributed by atoms with Crippen LogP contribution in [0, 0.1) is 0 Å². The Bertz CT molecular complexity index is 682. The van der Waals surface area contributed by atoms with Gasteiger partial charge < -0.3 is 30.4 Å². The van der Waals surface area contributed by atoms with Crippen LogP contribution in [0.2, 0.25) is 0 Å². The number of phosphoric ester groups is 1. The van der Waals surface area contributed by atoms with Crippen molar-refractivity contribution in [2.45, 2.75) is 31.9 Å². The van der Waals surface area contributed by atoms with E-state index in [1.165, 1.54) is 6.07 Å². The quantitative estimate of drug-likeness (QED) is 0.290. The van der Waals surface area contributed by atoms with Gasteiger partial charge in [0.05, 0.1) is 0 Å². The number of phenolic OH excluding ortho intramolecular Hbond substituents is 2. The van der Waals surface area contributed by atoms with Gasteiger partial charge >= 0.3 is 13.8 Å². The van der Waals surface area contributed by atoms with E-state index in [0.29, 0.717) is 5.56 Å². The molecule has 24 heavy (non-hydrogen) atoms. The van der Waals surface area contributed by atoms with E-state index in [-0.39, 0.29) is 12.2 Å². The number of aromatic hydroxyl groups is 2. The number of phosphoric acid groups is 1. The number of amides is 1. The number of phenols is 2. The van der Waals surface area contributed by atoms with Gasteiger partial charge in [0.25, 0.3) is 5.91 Å². The van der Waals surface area contributed by atoms with Crippen molar-refractivity contribution in [3.63, 3.8) is 0 Å². The number of aliphatic carboxylic acids is 1. The molecular weight excluding hydrogens is 345 g/mol. The van der Waals surface area contributed by atoms with Crippen molar-refractivity contribution in [1.82, 2.24) is 5.32 Å². The van der Waals surface area contributed by atoms with Gasteiger partial charge in [-0.05, 0) is 31.5 Å². The third kappa shape index (κ3) is 5.82. The number of hydrogen-bond donors (Lipinski definition) is 6. The molecular formula is C13H18NO9P. The average molecular weight is 363 g/mol. The number of nitrogens with one attached hydrogen (secondary N) is 1. The highest BCUT2D eigenvalue weighted by Gasteiger charge is 2.38. The normalized spacial score (nSPS) is 13.3. The van der Waals surface area contributed by atoms with Crippen molar-refractivity contribution in [2.75, 3.05) is 0 Å². The van der Waals surface area contributed by atoms with Gasteiger partial charge in [-0.15, -0.1) is 0 Å². The van der Waals surface area contributed by atoms with E-state index in [1.807, 2.05) is 0 Å². The number of hydrogen-bond acceptors (Lipinski definition) is 6. The summed E-state index contributed by atoms with van der Waals surface area (Å²) >= 11 is 0. The highest BCUT2D eigenvalue weighted by molar-refractivity contribution is 7.46. The van der Waals surface area contributed by atoms with Crippen molar-refractivity contribution in [2.24, 2.45) is 0 Å². The van der Waals surface area contributed by atoms with Gasteiger partial charge in [0.2, 0.25) is 0 Å². The first-order valence-corrected chi connectivity index (χ1v) is 8.16. The maximum absolute atomic E-state index is 12.0. The third-order valence-electron chi connectivity index (χ3n) is 2.98. The number of carbonyl (C=O) groups excluding carboxylic acids is 1. The van der Waals surface area contributed by atoms with Crippen LogP contribution in [0.1, 0.15) is 19.4 Å². The van der Waals surface area contributed by atoms with E-state index in [9.17, 15) is 29.5 Å². The second-order valence-corrected chi connectivity index (χ2v) is 6.65. The second kappa shape index (κ2) is 7.18. The second-order valence-electron chi connectivity index (χ2n) is 5.48. The van der Waals surface area contributed by atoms with E-state index < -0.39 is 37.1 Å². The zero-order chi connectivity index (χ0) is 18.7. The van der Waals surface area contributed by atoms with Crippen molar-refractivity contribution >= 4 is 19.7 Å². The van der Waals surface area contributed by atoms with Crippen molar-refractivity contribution in [1.29, 1.82) is 0 Å². The SMILES string of the molecule is CC(C)(OP(=O)(O)O)C(=O)N[C@@H](Cc1ccc(O)c(O)c1)C(=O)O. The van der Waals surface area contributed by atoms with E-state index in [4.69, 9.17) is 9.79 Å².